The first-order valence-corrected chi connectivity index (χ1v) is 14.1. The highest BCUT2D eigenvalue weighted by Gasteiger charge is 2.30. The molecular formula is C32H36ClN3O8. The van der Waals surface area contributed by atoms with Gasteiger partial charge in [0.05, 0.1) is 26.4 Å². The van der Waals surface area contributed by atoms with Gasteiger partial charge < -0.3 is 35.3 Å². The van der Waals surface area contributed by atoms with E-state index in [0.717, 1.165) is 0 Å². The lowest BCUT2D eigenvalue weighted by Gasteiger charge is -2.25. The van der Waals surface area contributed by atoms with Gasteiger partial charge in [-0.1, -0.05) is 41.9 Å². The molecule has 0 radical (unpaired) electrons. The van der Waals surface area contributed by atoms with Crippen molar-refractivity contribution in [3.63, 3.8) is 0 Å². The second kappa shape index (κ2) is 16.2. The zero-order valence-corrected chi connectivity index (χ0v) is 25.6. The SMILES string of the molecule is COC(=O)[C@H](Cc1ccc(OC)c(Cl)c1)NC(=O)[C@H](Cc1ccc(OC)cc1)NC(=O)[C@H](Cc1ccc(O)cc1)NC(C)=O. The van der Waals surface area contributed by atoms with Gasteiger partial charge in [0, 0.05) is 26.2 Å². The monoisotopic (exact) mass is 625 g/mol. The number of nitrogens with one attached hydrogen (secondary N) is 3. The first kappa shape index (κ1) is 33.7. The maximum absolute atomic E-state index is 13.7. The van der Waals surface area contributed by atoms with Crippen LogP contribution in [0.5, 0.6) is 17.2 Å². The Balaban J connectivity index is 1.87. The van der Waals surface area contributed by atoms with E-state index in [1.54, 1.807) is 54.6 Å². The number of carbonyl (C=O) groups is 4. The third kappa shape index (κ3) is 9.91. The van der Waals surface area contributed by atoms with E-state index >= 15 is 0 Å². The summed E-state index contributed by atoms with van der Waals surface area (Å²) < 4.78 is 15.3. The number of rotatable bonds is 14. The molecule has 0 saturated heterocycles. The van der Waals surface area contributed by atoms with Gasteiger partial charge in [-0.05, 0) is 53.1 Å². The highest BCUT2D eigenvalue weighted by molar-refractivity contribution is 6.32. The zero-order chi connectivity index (χ0) is 32.2. The lowest BCUT2D eigenvalue weighted by atomic mass is 10.0. The first-order chi connectivity index (χ1) is 21.0. The minimum absolute atomic E-state index is 0.0562. The fourth-order valence-electron chi connectivity index (χ4n) is 4.48. The van der Waals surface area contributed by atoms with E-state index in [2.05, 4.69) is 16.0 Å². The molecule has 3 amide bonds. The predicted molar refractivity (Wildman–Crippen MR) is 164 cm³/mol. The Bertz CT molecular complexity index is 1450. The van der Waals surface area contributed by atoms with E-state index in [1.807, 2.05) is 0 Å². The van der Waals surface area contributed by atoms with Crippen molar-refractivity contribution in [1.82, 2.24) is 16.0 Å². The van der Waals surface area contributed by atoms with Crippen LogP contribution in [0, 0.1) is 0 Å². The largest absolute Gasteiger partial charge is 0.508 e. The maximum atomic E-state index is 13.7. The van der Waals surface area contributed by atoms with Crippen LogP contribution in [-0.4, -0.2) is 68.3 Å². The van der Waals surface area contributed by atoms with Crippen LogP contribution in [0.2, 0.25) is 5.02 Å². The van der Waals surface area contributed by atoms with Crippen molar-refractivity contribution < 1.29 is 38.5 Å². The van der Waals surface area contributed by atoms with E-state index in [9.17, 15) is 24.3 Å². The number of phenolic OH excluding ortho intramolecular Hbond substituents is 1. The molecule has 0 aliphatic heterocycles. The number of benzene rings is 3. The van der Waals surface area contributed by atoms with E-state index in [1.165, 1.54) is 40.4 Å². The highest BCUT2D eigenvalue weighted by Crippen LogP contribution is 2.25. The first-order valence-electron chi connectivity index (χ1n) is 13.7. The smallest absolute Gasteiger partial charge is 0.328 e. The number of carbonyl (C=O) groups excluding carboxylic acids is 4. The number of phenols is 1. The molecule has 3 aromatic carbocycles. The molecule has 0 saturated carbocycles. The van der Waals surface area contributed by atoms with Crippen LogP contribution in [0.4, 0.5) is 0 Å². The fraction of sp³-hybridized carbons (Fsp3) is 0.312. The summed E-state index contributed by atoms with van der Waals surface area (Å²) in [7, 11) is 4.22. The molecule has 0 spiro atoms. The fourth-order valence-corrected chi connectivity index (χ4v) is 4.76. The Labute approximate surface area is 260 Å². The Hall–Kier alpha value is -4.77. The highest BCUT2D eigenvalue weighted by atomic mass is 35.5. The van der Waals surface area contributed by atoms with E-state index in [-0.39, 0.29) is 25.0 Å². The van der Waals surface area contributed by atoms with Crippen molar-refractivity contribution in [2.45, 2.75) is 44.3 Å². The average molecular weight is 626 g/mol. The molecule has 0 fully saturated rings. The van der Waals surface area contributed by atoms with Gasteiger partial charge in [-0.3, -0.25) is 14.4 Å². The molecule has 0 aliphatic carbocycles. The van der Waals surface area contributed by atoms with Crippen LogP contribution in [0.25, 0.3) is 0 Å². The average Bonchev–Trinajstić information content (AvgIpc) is 3.00. The summed E-state index contributed by atoms with van der Waals surface area (Å²) in [5.41, 5.74) is 2.02. The van der Waals surface area contributed by atoms with E-state index in [0.29, 0.717) is 33.2 Å². The lowest BCUT2D eigenvalue weighted by Crippen LogP contribution is -2.57. The van der Waals surface area contributed by atoms with Crippen LogP contribution in [-0.2, 0) is 43.2 Å². The summed E-state index contributed by atoms with van der Waals surface area (Å²) in [6.07, 6.45) is 0.224. The van der Waals surface area contributed by atoms with Gasteiger partial charge in [-0.2, -0.15) is 0 Å². The number of hydrogen-bond donors (Lipinski definition) is 4. The molecule has 3 rings (SSSR count). The van der Waals surface area contributed by atoms with Crippen molar-refractivity contribution in [1.29, 1.82) is 0 Å². The number of esters is 1. The van der Waals surface area contributed by atoms with Crippen molar-refractivity contribution >= 4 is 35.3 Å². The number of methoxy groups -OCH3 is 3. The number of hydrogen-bond acceptors (Lipinski definition) is 8. The minimum atomic E-state index is -1.14. The van der Waals surface area contributed by atoms with Crippen LogP contribution >= 0.6 is 11.6 Å². The van der Waals surface area contributed by atoms with Gasteiger partial charge in [0.2, 0.25) is 17.7 Å². The molecule has 0 unspecified atom stereocenters. The lowest BCUT2D eigenvalue weighted by molar-refractivity contribution is -0.145. The van der Waals surface area contributed by atoms with Crippen LogP contribution in [0.3, 0.4) is 0 Å². The van der Waals surface area contributed by atoms with Gasteiger partial charge in [-0.25, -0.2) is 4.79 Å². The Morgan fingerprint density at radius 3 is 1.70 bits per heavy atom. The number of aromatic hydroxyl groups is 1. The van der Waals surface area contributed by atoms with Gasteiger partial charge in [0.15, 0.2) is 0 Å². The molecule has 4 N–H and O–H groups in total. The molecule has 3 atom stereocenters. The predicted octanol–water partition coefficient (Wildman–Crippen LogP) is 2.74. The summed E-state index contributed by atoms with van der Waals surface area (Å²) >= 11 is 6.26. The summed E-state index contributed by atoms with van der Waals surface area (Å²) in [6.45, 7) is 1.28. The van der Waals surface area contributed by atoms with Crippen molar-refractivity contribution in [3.8, 4) is 17.2 Å². The second-order valence-electron chi connectivity index (χ2n) is 9.99. The summed E-state index contributed by atoms with van der Waals surface area (Å²) in [6, 6.07) is 14.9. The molecular weight excluding hydrogens is 590 g/mol. The quantitative estimate of drug-likeness (QED) is 0.200. The molecule has 0 heterocycles. The van der Waals surface area contributed by atoms with Crippen molar-refractivity contribution in [2.24, 2.45) is 0 Å². The Morgan fingerprint density at radius 1 is 0.705 bits per heavy atom. The van der Waals surface area contributed by atoms with E-state index in [4.69, 9.17) is 25.8 Å². The van der Waals surface area contributed by atoms with Gasteiger partial charge in [0.25, 0.3) is 0 Å². The number of halogens is 1. The van der Waals surface area contributed by atoms with Gasteiger partial charge in [-0.15, -0.1) is 0 Å². The normalized spacial score (nSPS) is 12.7. The van der Waals surface area contributed by atoms with Gasteiger partial charge in [0.1, 0.15) is 35.4 Å². The second-order valence-corrected chi connectivity index (χ2v) is 10.4. The van der Waals surface area contributed by atoms with E-state index < -0.39 is 41.8 Å². The molecule has 0 aromatic heterocycles. The Kier molecular flexibility index (Phi) is 12.4. The summed E-state index contributed by atoms with van der Waals surface area (Å²) in [5.74, 6) is -1.26. The third-order valence-corrected chi connectivity index (χ3v) is 7.06. The molecule has 12 heteroatoms. The summed E-state index contributed by atoms with van der Waals surface area (Å²) in [4.78, 5) is 51.9. The Morgan fingerprint density at radius 2 is 1.20 bits per heavy atom. The summed E-state index contributed by atoms with van der Waals surface area (Å²) in [5, 5.41) is 18.0. The molecule has 234 valence electrons. The van der Waals surface area contributed by atoms with Crippen molar-refractivity contribution in [3.05, 3.63) is 88.4 Å². The molecule has 0 bridgehead atoms. The molecule has 3 aromatic rings. The van der Waals surface area contributed by atoms with Crippen molar-refractivity contribution in [2.75, 3.05) is 21.3 Å². The standard InChI is InChI=1S/C32H36ClN3O8/c1-19(37)34-26(16-20-5-10-23(38)11-6-20)30(39)35-27(17-21-7-12-24(42-2)13-8-21)31(40)36-28(32(41)44-4)18-22-9-14-29(43-3)25(33)15-22/h5-15,26-28,38H,16-18H2,1-4H3,(H,34,37)(H,35,39)(H,36,40)/t26-,27-,28-/m0/s1. The zero-order valence-electron chi connectivity index (χ0n) is 24.9. The van der Waals surface area contributed by atoms with Crippen LogP contribution in [0.1, 0.15) is 23.6 Å². The van der Waals surface area contributed by atoms with Crippen LogP contribution < -0.4 is 25.4 Å². The number of ether oxygens (including phenoxy) is 3. The molecule has 11 nitrogen and oxygen atoms in total. The molecule has 44 heavy (non-hydrogen) atoms. The maximum Gasteiger partial charge on any atom is 0.328 e. The molecule has 0 aliphatic rings. The van der Waals surface area contributed by atoms with Crippen LogP contribution in [0.15, 0.2) is 66.7 Å². The number of amides is 3. The minimum Gasteiger partial charge on any atom is -0.508 e. The topological polar surface area (TPSA) is 152 Å². The third-order valence-electron chi connectivity index (χ3n) is 6.76. The van der Waals surface area contributed by atoms with Gasteiger partial charge >= 0.3 is 5.97 Å².